The van der Waals surface area contributed by atoms with Gasteiger partial charge in [0.15, 0.2) is 0 Å². The Morgan fingerprint density at radius 1 is 1.67 bits per heavy atom. The van der Waals surface area contributed by atoms with Crippen molar-refractivity contribution in [1.82, 2.24) is 0 Å². The Morgan fingerprint density at radius 3 is 3.20 bits per heavy atom. The molecule has 1 heterocycles. The second-order valence-electron chi connectivity index (χ2n) is 3.50. The van der Waals surface area contributed by atoms with Crippen LogP contribution >= 0.6 is 0 Å². The van der Waals surface area contributed by atoms with E-state index in [9.17, 15) is 9.18 Å². The number of rotatable bonds is 2. The van der Waals surface area contributed by atoms with Crippen molar-refractivity contribution in [2.45, 2.75) is 19.4 Å². The zero-order chi connectivity index (χ0) is 10.8. The Hall–Kier alpha value is -1.58. The van der Waals surface area contributed by atoms with Gasteiger partial charge in [0.05, 0.1) is 0 Å². The molecule has 15 heavy (non-hydrogen) atoms. The van der Waals surface area contributed by atoms with Crippen molar-refractivity contribution < 1.29 is 18.7 Å². The zero-order valence-electron chi connectivity index (χ0n) is 8.33. The summed E-state index contributed by atoms with van der Waals surface area (Å²) in [6.07, 6.45) is 0.395. The molecule has 3 nitrogen and oxygen atoms in total. The molecule has 0 fully saturated rings. The monoisotopic (exact) mass is 210 g/mol. The average molecular weight is 210 g/mol. The zero-order valence-corrected chi connectivity index (χ0v) is 8.33. The van der Waals surface area contributed by atoms with Crippen LogP contribution in [0.2, 0.25) is 0 Å². The molecule has 0 saturated heterocycles. The maximum absolute atomic E-state index is 12.9. The van der Waals surface area contributed by atoms with E-state index in [1.807, 2.05) is 0 Å². The maximum Gasteiger partial charge on any atom is 0.302 e. The minimum absolute atomic E-state index is 0.189. The summed E-state index contributed by atoms with van der Waals surface area (Å²) in [5.74, 6) is 0.0692. The summed E-state index contributed by atoms with van der Waals surface area (Å²) in [7, 11) is 0. The third kappa shape index (κ3) is 2.26. The standard InChI is InChI=1S/C11H11FO3/c1-7(13)14-6-10-5-8-4-9(12)2-3-11(8)15-10/h2-4,10H,5-6H2,1H3. The van der Waals surface area contributed by atoms with Crippen molar-refractivity contribution >= 4 is 5.97 Å². The number of halogens is 1. The number of hydrogen-bond acceptors (Lipinski definition) is 3. The quantitative estimate of drug-likeness (QED) is 0.697. The SMILES string of the molecule is CC(=O)OCC1Cc2cc(F)ccc2O1. The number of esters is 1. The van der Waals surface area contributed by atoms with Crippen molar-refractivity contribution in [2.75, 3.05) is 6.61 Å². The fourth-order valence-electron chi connectivity index (χ4n) is 1.59. The minimum Gasteiger partial charge on any atom is -0.486 e. The summed E-state index contributed by atoms with van der Waals surface area (Å²) in [6.45, 7) is 1.56. The number of ether oxygens (including phenoxy) is 2. The van der Waals surface area contributed by atoms with Crippen LogP contribution in [0.5, 0.6) is 5.75 Å². The molecule has 0 saturated carbocycles. The summed E-state index contributed by atoms with van der Waals surface area (Å²) in [5, 5.41) is 0. The van der Waals surface area contributed by atoms with E-state index >= 15 is 0 Å². The highest BCUT2D eigenvalue weighted by molar-refractivity contribution is 5.65. The molecule has 0 N–H and O–H groups in total. The molecule has 1 unspecified atom stereocenters. The van der Waals surface area contributed by atoms with Crippen LogP contribution in [0, 0.1) is 5.82 Å². The van der Waals surface area contributed by atoms with Crippen LogP contribution in [0.1, 0.15) is 12.5 Å². The summed E-state index contributed by atoms with van der Waals surface area (Å²) < 4.78 is 23.2. The van der Waals surface area contributed by atoms with Gasteiger partial charge in [-0.25, -0.2) is 4.39 Å². The molecule has 1 aliphatic heterocycles. The van der Waals surface area contributed by atoms with Gasteiger partial charge in [0.25, 0.3) is 0 Å². The summed E-state index contributed by atoms with van der Waals surface area (Å²) in [4.78, 5) is 10.6. The Bertz CT molecular complexity index is 389. The molecular weight excluding hydrogens is 199 g/mol. The first-order valence-electron chi connectivity index (χ1n) is 4.73. The van der Waals surface area contributed by atoms with E-state index in [2.05, 4.69) is 0 Å². The van der Waals surface area contributed by atoms with Gasteiger partial charge in [-0.2, -0.15) is 0 Å². The number of benzene rings is 1. The van der Waals surface area contributed by atoms with Crippen LogP contribution in [0.25, 0.3) is 0 Å². The van der Waals surface area contributed by atoms with Crippen LogP contribution in [0.15, 0.2) is 18.2 Å². The van der Waals surface area contributed by atoms with Gasteiger partial charge in [0, 0.05) is 18.9 Å². The normalized spacial score (nSPS) is 18.1. The van der Waals surface area contributed by atoms with E-state index in [4.69, 9.17) is 9.47 Å². The van der Waals surface area contributed by atoms with Gasteiger partial charge in [-0.3, -0.25) is 4.79 Å². The molecule has 0 spiro atoms. The maximum atomic E-state index is 12.9. The van der Waals surface area contributed by atoms with Gasteiger partial charge in [0.1, 0.15) is 24.3 Å². The predicted octanol–water partition coefficient (Wildman–Crippen LogP) is 1.69. The summed E-state index contributed by atoms with van der Waals surface area (Å²) in [5.41, 5.74) is 0.826. The van der Waals surface area contributed by atoms with Crippen molar-refractivity contribution in [3.05, 3.63) is 29.6 Å². The van der Waals surface area contributed by atoms with Crippen molar-refractivity contribution in [1.29, 1.82) is 0 Å². The molecule has 0 radical (unpaired) electrons. The van der Waals surface area contributed by atoms with Gasteiger partial charge in [-0.05, 0) is 18.2 Å². The van der Waals surface area contributed by atoms with E-state index in [1.165, 1.54) is 19.1 Å². The van der Waals surface area contributed by atoms with E-state index in [0.717, 1.165) is 5.56 Å². The molecule has 0 amide bonds. The first-order chi connectivity index (χ1) is 7.15. The fraction of sp³-hybridized carbons (Fsp3) is 0.364. The van der Waals surface area contributed by atoms with Crippen molar-refractivity contribution in [2.24, 2.45) is 0 Å². The average Bonchev–Trinajstić information content (AvgIpc) is 2.56. The lowest BCUT2D eigenvalue weighted by Gasteiger charge is -2.09. The predicted molar refractivity (Wildman–Crippen MR) is 51.2 cm³/mol. The summed E-state index contributed by atoms with van der Waals surface area (Å²) >= 11 is 0. The first kappa shape index (κ1) is 9.96. The Kier molecular flexibility index (Phi) is 2.58. The van der Waals surface area contributed by atoms with E-state index in [0.29, 0.717) is 12.2 Å². The molecule has 1 aliphatic rings. The van der Waals surface area contributed by atoms with Gasteiger partial charge in [-0.1, -0.05) is 0 Å². The molecule has 1 atom stereocenters. The molecular formula is C11H11FO3. The third-order valence-electron chi connectivity index (χ3n) is 2.24. The molecule has 0 aliphatic carbocycles. The second kappa shape index (κ2) is 3.88. The number of carbonyl (C=O) groups excluding carboxylic acids is 1. The molecule has 1 aromatic carbocycles. The van der Waals surface area contributed by atoms with Crippen LogP contribution in [0.3, 0.4) is 0 Å². The van der Waals surface area contributed by atoms with Crippen molar-refractivity contribution in [3.63, 3.8) is 0 Å². The molecule has 1 aromatic rings. The smallest absolute Gasteiger partial charge is 0.302 e. The Morgan fingerprint density at radius 2 is 2.47 bits per heavy atom. The highest BCUT2D eigenvalue weighted by Gasteiger charge is 2.23. The van der Waals surface area contributed by atoms with Crippen molar-refractivity contribution in [3.8, 4) is 5.75 Å². The van der Waals surface area contributed by atoms with Crippen LogP contribution in [-0.2, 0) is 16.0 Å². The van der Waals surface area contributed by atoms with Gasteiger partial charge in [0.2, 0.25) is 0 Å². The van der Waals surface area contributed by atoms with Gasteiger partial charge < -0.3 is 9.47 Å². The topological polar surface area (TPSA) is 35.5 Å². The molecule has 0 aromatic heterocycles. The largest absolute Gasteiger partial charge is 0.486 e. The lowest BCUT2D eigenvalue weighted by Crippen LogP contribution is -2.21. The molecule has 4 heteroatoms. The molecule has 2 rings (SSSR count). The lowest BCUT2D eigenvalue weighted by atomic mass is 10.1. The van der Waals surface area contributed by atoms with E-state index in [-0.39, 0.29) is 24.5 Å². The molecule has 80 valence electrons. The lowest BCUT2D eigenvalue weighted by molar-refractivity contribution is -0.143. The van der Waals surface area contributed by atoms with E-state index < -0.39 is 0 Å². The number of carbonyl (C=O) groups is 1. The second-order valence-corrected chi connectivity index (χ2v) is 3.50. The Labute approximate surface area is 86.8 Å². The van der Waals surface area contributed by atoms with Gasteiger partial charge in [-0.15, -0.1) is 0 Å². The van der Waals surface area contributed by atoms with Crippen LogP contribution < -0.4 is 4.74 Å². The highest BCUT2D eigenvalue weighted by Crippen LogP contribution is 2.29. The number of hydrogen-bond donors (Lipinski definition) is 0. The highest BCUT2D eigenvalue weighted by atomic mass is 19.1. The number of fused-ring (bicyclic) bond motifs is 1. The minimum atomic E-state index is -0.333. The summed E-state index contributed by atoms with van der Waals surface area (Å²) in [6, 6.07) is 4.40. The van der Waals surface area contributed by atoms with Crippen LogP contribution in [0.4, 0.5) is 4.39 Å². The van der Waals surface area contributed by atoms with Gasteiger partial charge >= 0.3 is 5.97 Å². The molecule has 0 bridgehead atoms. The van der Waals surface area contributed by atoms with Crippen LogP contribution in [-0.4, -0.2) is 18.7 Å². The third-order valence-corrected chi connectivity index (χ3v) is 2.24. The fourth-order valence-corrected chi connectivity index (χ4v) is 1.59. The van der Waals surface area contributed by atoms with E-state index in [1.54, 1.807) is 6.07 Å². The Balaban J connectivity index is 2.00. The first-order valence-corrected chi connectivity index (χ1v) is 4.73.